The molecule has 0 heterocycles. The van der Waals surface area contributed by atoms with Gasteiger partial charge in [-0.2, -0.15) is 11.8 Å². The quantitative estimate of drug-likeness (QED) is 0.150. The Labute approximate surface area is 200 Å². The first-order chi connectivity index (χ1) is 11.7. The van der Waals surface area contributed by atoms with E-state index >= 15 is 0 Å². The number of carboxylic acid groups (broad SMARTS) is 1. The van der Waals surface area contributed by atoms with Gasteiger partial charge in [0, 0.05) is 11.5 Å². The van der Waals surface area contributed by atoms with Crippen LogP contribution in [0.2, 0.25) is 0 Å². The summed E-state index contributed by atoms with van der Waals surface area (Å²) >= 11 is 1.45. The van der Waals surface area contributed by atoms with E-state index in [1.54, 1.807) is 0 Å². The van der Waals surface area contributed by atoms with E-state index in [-0.39, 0.29) is 51.2 Å². The molecule has 0 amide bonds. The van der Waals surface area contributed by atoms with Crippen LogP contribution in [0.5, 0.6) is 0 Å². The Balaban J connectivity index is 0. The molecule has 4 nitrogen and oxygen atoms in total. The summed E-state index contributed by atoms with van der Waals surface area (Å²) in [5, 5.41) is 21.8. The van der Waals surface area contributed by atoms with E-state index in [4.69, 9.17) is 0 Å². The number of thioether (sulfide) groups is 1. The second-order valence-electron chi connectivity index (χ2n) is 6.48. The first kappa shape index (κ1) is 28.2. The summed E-state index contributed by atoms with van der Waals surface area (Å²) in [6, 6.07) is -1.05. The number of carboxylic acids is 1. The van der Waals surface area contributed by atoms with Crippen LogP contribution in [-0.2, 0) is 4.79 Å². The summed E-state index contributed by atoms with van der Waals surface area (Å²) in [5.74, 6) is -0.799. The molecule has 0 aromatic heterocycles. The van der Waals surface area contributed by atoms with Gasteiger partial charge in [0.25, 0.3) is 0 Å². The van der Waals surface area contributed by atoms with Crippen molar-refractivity contribution in [1.29, 1.82) is 0 Å². The van der Waals surface area contributed by atoms with E-state index in [1.165, 1.54) is 35.4 Å². The maximum Gasteiger partial charge on any atom is 2.00 e. The molecular formula is C20H31NO3SSr. The molecule has 0 aliphatic carbocycles. The summed E-state index contributed by atoms with van der Waals surface area (Å²) in [6.45, 7) is 9.75. The molecule has 142 valence electrons. The minimum Gasteiger partial charge on any atom is -0.862 e. The Hall–Kier alpha value is -0.00948. The van der Waals surface area contributed by atoms with Crippen molar-refractivity contribution in [3.63, 3.8) is 0 Å². The molecule has 0 rings (SSSR count). The molecule has 0 aromatic rings. The van der Waals surface area contributed by atoms with Crippen LogP contribution in [0.15, 0.2) is 39.9 Å². The topological polar surface area (TPSA) is 75.5 Å². The maximum absolute atomic E-state index is 10.9. The van der Waals surface area contributed by atoms with Crippen molar-refractivity contribution >= 4 is 69.1 Å². The van der Waals surface area contributed by atoms with Gasteiger partial charge in [0.1, 0.15) is 0 Å². The molecule has 0 aromatic carbocycles. The fourth-order valence-electron chi connectivity index (χ4n) is 2.10. The van der Waals surface area contributed by atoms with Crippen LogP contribution in [0.25, 0.3) is 0 Å². The summed E-state index contributed by atoms with van der Waals surface area (Å²) in [5.41, 5.74) is 4.07. The summed E-state index contributed by atoms with van der Waals surface area (Å²) in [7, 11) is 0. The second-order valence-corrected chi connectivity index (χ2v) is 7.56. The third-order valence-electron chi connectivity index (χ3n) is 3.56. The van der Waals surface area contributed by atoms with Crippen molar-refractivity contribution in [2.24, 2.45) is 4.99 Å². The van der Waals surface area contributed by atoms with Crippen LogP contribution >= 0.6 is 11.8 Å². The van der Waals surface area contributed by atoms with Gasteiger partial charge in [-0.05, 0) is 66.2 Å². The molecule has 1 atom stereocenters. The zero-order chi connectivity index (χ0) is 19.2. The predicted octanol–water partition coefficient (Wildman–Crippen LogP) is 2.66. The second kappa shape index (κ2) is 17.1. The van der Waals surface area contributed by atoms with Gasteiger partial charge < -0.3 is 15.0 Å². The summed E-state index contributed by atoms with van der Waals surface area (Å²) < 4.78 is 0. The Kier molecular flexibility index (Phi) is 18.6. The number of hydrogen-bond acceptors (Lipinski definition) is 5. The fourth-order valence-corrected chi connectivity index (χ4v) is 3.07. The van der Waals surface area contributed by atoms with Crippen molar-refractivity contribution in [3.05, 3.63) is 34.9 Å². The number of carbonyl (C=O) groups is 1. The molecule has 0 N–H and O–H groups in total. The SMILES string of the molecule is CC(C)=CCC/C(C)=C/CC/C(C)=C/CSC[C@H](N=C(C)[O-])C(=O)[O-].[Sr+2]. The van der Waals surface area contributed by atoms with Gasteiger partial charge in [-0.15, -0.1) is 0 Å². The van der Waals surface area contributed by atoms with Gasteiger partial charge in [0.05, 0.1) is 12.0 Å². The number of rotatable bonds is 12. The Morgan fingerprint density at radius 3 is 2.00 bits per heavy atom. The predicted molar refractivity (Wildman–Crippen MR) is 110 cm³/mol. The fraction of sp³-hybridized carbons (Fsp3) is 0.600. The van der Waals surface area contributed by atoms with Crippen molar-refractivity contribution in [3.8, 4) is 0 Å². The molecular weight excluding hydrogens is 422 g/mol. The van der Waals surface area contributed by atoms with Gasteiger partial charge in [0.15, 0.2) is 0 Å². The molecule has 0 fully saturated rings. The van der Waals surface area contributed by atoms with Gasteiger partial charge in [0.2, 0.25) is 0 Å². The minimum atomic E-state index is -1.29. The van der Waals surface area contributed by atoms with Crippen LogP contribution in [-0.4, -0.2) is 74.9 Å². The van der Waals surface area contributed by atoms with Crippen molar-refractivity contribution in [2.45, 2.75) is 66.3 Å². The van der Waals surface area contributed by atoms with E-state index < -0.39 is 17.9 Å². The van der Waals surface area contributed by atoms with E-state index in [0.717, 1.165) is 25.7 Å². The van der Waals surface area contributed by atoms with Crippen LogP contribution in [0, 0.1) is 0 Å². The smallest absolute Gasteiger partial charge is 0.862 e. The third kappa shape index (κ3) is 17.4. The van der Waals surface area contributed by atoms with Gasteiger partial charge in [-0.25, -0.2) is 0 Å². The number of allylic oxidation sites excluding steroid dienone is 5. The standard InChI is InChI=1S/C20H33NO3S.Sr/c1-15(2)8-6-9-16(3)10-7-11-17(4)12-13-25-14-19(20(23)24)21-18(5)22;/h8,10,12,19H,6-7,9,11,13-14H2,1-5H3,(H,21,22)(H,23,24);/q;+2/p-2/b16-10+,17-12+;/t19-;/m0./s1. The van der Waals surface area contributed by atoms with Gasteiger partial charge in [-0.3, -0.25) is 4.99 Å². The molecule has 0 saturated heterocycles. The normalized spacial score (nSPS) is 13.8. The van der Waals surface area contributed by atoms with Crippen molar-refractivity contribution < 1.29 is 15.0 Å². The average Bonchev–Trinajstić information content (AvgIpc) is 2.49. The molecule has 0 aliphatic rings. The first-order valence-corrected chi connectivity index (χ1v) is 9.82. The molecule has 0 bridgehead atoms. The Morgan fingerprint density at radius 2 is 1.50 bits per heavy atom. The largest absolute Gasteiger partial charge is 2.00 e. The number of hydrogen-bond donors (Lipinski definition) is 0. The number of carbonyl (C=O) groups excluding carboxylic acids is 1. The van der Waals surface area contributed by atoms with E-state index in [0.29, 0.717) is 5.75 Å². The van der Waals surface area contributed by atoms with Crippen LogP contribution < -0.4 is 10.2 Å². The summed E-state index contributed by atoms with van der Waals surface area (Å²) in [4.78, 5) is 14.4. The molecule has 0 aliphatic heterocycles. The summed E-state index contributed by atoms with van der Waals surface area (Å²) in [6.07, 6.45) is 10.9. The number of aliphatic carboxylic acids is 1. The molecule has 0 saturated carbocycles. The van der Waals surface area contributed by atoms with Crippen molar-refractivity contribution in [2.75, 3.05) is 11.5 Å². The molecule has 0 unspecified atom stereocenters. The van der Waals surface area contributed by atoms with E-state index in [2.05, 4.69) is 50.9 Å². The monoisotopic (exact) mass is 453 g/mol. The zero-order valence-electron chi connectivity index (χ0n) is 16.8. The third-order valence-corrected chi connectivity index (χ3v) is 4.51. The Morgan fingerprint density at radius 1 is 0.962 bits per heavy atom. The maximum atomic E-state index is 10.9. The van der Waals surface area contributed by atoms with E-state index in [9.17, 15) is 15.0 Å². The molecule has 6 heteroatoms. The van der Waals surface area contributed by atoms with E-state index in [1.807, 2.05) is 0 Å². The average molecular weight is 453 g/mol. The Bertz CT molecular complexity index is 531. The number of aliphatic imine (C=N–C) groups is 1. The minimum absolute atomic E-state index is 0. The van der Waals surface area contributed by atoms with Gasteiger partial charge >= 0.3 is 45.5 Å². The zero-order valence-corrected chi connectivity index (χ0v) is 21.1. The molecule has 0 spiro atoms. The first-order valence-electron chi connectivity index (χ1n) is 8.67. The van der Waals surface area contributed by atoms with Crippen LogP contribution in [0.3, 0.4) is 0 Å². The molecule has 0 radical (unpaired) electrons. The van der Waals surface area contributed by atoms with Crippen LogP contribution in [0.1, 0.15) is 60.3 Å². The molecule has 26 heavy (non-hydrogen) atoms. The van der Waals surface area contributed by atoms with Crippen molar-refractivity contribution in [1.82, 2.24) is 0 Å². The van der Waals surface area contributed by atoms with Gasteiger partial charge in [-0.1, -0.05) is 34.9 Å². The van der Waals surface area contributed by atoms with Crippen LogP contribution in [0.4, 0.5) is 0 Å². The number of nitrogens with zero attached hydrogens (tertiary/aromatic N) is 1.